The molecule has 2 atom stereocenters. The van der Waals surface area contributed by atoms with Crippen LogP contribution in [0.15, 0.2) is 0 Å². The third-order valence-corrected chi connectivity index (χ3v) is 4.16. The van der Waals surface area contributed by atoms with E-state index in [0.717, 1.165) is 4.31 Å². The number of sulfonamides is 1. The highest BCUT2D eigenvalue weighted by Gasteiger charge is 2.40. The summed E-state index contributed by atoms with van der Waals surface area (Å²) in [4.78, 5) is 10.8. The molecule has 0 amide bonds. The molecule has 0 bridgehead atoms. The maximum atomic E-state index is 11.5. The molecule has 1 saturated heterocycles. The number of likely N-dealkylation sites (N-methyl/N-ethyl adjacent to an activating group) is 1. The first-order valence-electron chi connectivity index (χ1n) is 4.53. The number of ether oxygens (including phenoxy) is 1. The highest BCUT2D eigenvalue weighted by molar-refractivity contribution is 7.89. The van der Waals surface area contributed by atoms with E-state index in [1.165, 1.54) is 13.1 Å². The molecule has 90 valence electrons. The molecule has 0 radical (unpaired) electrons. The van der Waals surface area contributed by atoms with Crippen LogP contribution >= 0.6 is 0 Å². The van der Waals surface area contributed by atoms with Crippen molar-refractivity contribution in [3.8, 4) is 6.07 Å². The van der Waals surface area contributed by atoms with Crippen LogP contribution in [0.5, 0.6) is 0 Å². The van der Waals surface area contributed by atoms with Gasteiger partial charge in [0.15, 0.2) is 5.75 Å². The first kappa shape index (κ1) is 12.9. The van der Waals surface area contributed by atoms with E-state index in [-0.39, 0.29) is 13.2 Å². The molecule has 1 fully saturated rings. The van der Waals surface area contributed by atoms with Gasteiger partial charge in [-0.1, -0.05) is 0 Å². The van der Waals surface area contributed by atoms with Gasteiger partial charge < -0.3 is 9.84 Å². The molecular weight excluding hydrogens is 236 g/mol. The van der Waals surface area contributed by atoms with Gasteiger partial charge in [0.1, 0.15) is 0 Å². The Bertz CT molecular complexity index is 413. The van der Waals surface area contributed by atoms with Crippen LogP contribution in [0.1, 0.15) is 0 Å². The molecule has 1 aliphatic rings. The average molecular weight is 248 g/mol. The zero-order chi connectivity index (χ0) is 12.3. The summed E-state index contributed by atoms with van der Waals surface area (Å²) in [5.41, 5.74) is 0. The van der Waals surface area contributed by atoms with Gasteiger partial charge in [0.05, 0.1) is 31.2 Å². The van der Waals surface area contributed by atoms with Gasteiger partial charge >= 0.3 is 5.97 Å². The number of nitriles is 1. The third-order valence-electron chi connectivity index (χ3n) is 2.52. The molecule has 0 aromatic rings. The Morgan fingerprint density at radius 1 is 1.62 bits per heavy atom. The summed E-state index contributed by atoms with van der Waals surface area (Å²) >= 11 is 0. The van der Waals surface area contributed by atoms with Crippen LogP contribution in [0.2, 0.25) is 0 Å². The van der Waals surface area contributed by atoms with Crippen LogP contribution in [-0.4, -0.2) is 55.9 Å². The number of aliphatic carboxylic acids is 1. The molecule has 8 heteroatoms. The van der Waals surface area contributed by atoms with Crippen LogP contribution in [0, 0.1) is 17.2 Å². The number of hydrogen-bond acceptors (Lipinski definition) is 5. The van der Waals surface area contributed by atoms with E-state index in [2.05, 4.69) is 0 Å². The van der Waals surface area contributed by atoms with E-state index < -0.39 is 33.7 Å². The van der Waals surface area contributed by atoms with Crippen molar-refractivity contribution in [2.75, 3.05) is 26.0 Å². The van der Waals surface area contributed by atoms with Gasteiger partial charge in [-0.05, 0) is 0 Å². The first-order chi connectivity index (χ1) is 7.40. The Kier molecular flexibility index (Phi) is 3.85. The zero-order valence-electron chi connectivity index (χ0n) is 8.66. The van der Waals surface area contributed by atoms with E-state index in [0.29, 0.717) is 0 Å². The van der Waals surface area contributed by atoms with E-state index in [9.17, 15) is 13.2 Å². The number of carbonyl (C=O) groups is 1. The van der Waals surface area contributed by atoms with Crippen molar-refractivity contribution in [1.82, 2.24) is 4.31 Å². The van der Waals surface area contributed by atoms with E-state index in [1.807, 2.05) is 0 Å². The Balaban J connectivity index is 2.86. The van der Waals surface area contributed by atoms with Crippen LogP contribution in [0.4, 0.5) is 0 Å². The molecule has 0 aromatic carbocycles. The number of nitrogens with zero attached hydrogens (tertiary/aromatic N) is 2. The predicted octanol–water partition coefficient (Wildman–Crippen LogP) is -1.13. The fourth-order valence-corrected chi connectivity index (χ4v) is 2.51. The van der Waals surface area contributed by atoms with Gasteiger partial charge in [-0.3, -0.25) is 4.79 Å². The van der Waals surface area contributed by atoms with Crippen molar-refractivity contribution in [3.63, 3.8) is 0 Å². The Hall–Kier alpha value is -1.17. The fourth-order valence-electron chi connectivity index (χ4n) is 1.53. The molecular formula is C8H12N2O5S. The lowest BCUT2D eigenvalue weighted by Crippen LogP contribution is -2.44. The Morgan fingerprint density at radius 2 is 2.25 bits per heavy atom. The molecule has 2 unspecified atom stereocenters. The zero-order valence-corrected chi connectivity index (χ0v) is 9.48. The summed E-state index contributed by atoms with van der Waals surface area (Å²) in [7, 11) is -2.47. The highest BCUT2D eigenvalue weighted by Crippen LogP contribution is 2.21. The van der Waals surface area contributed by atoms with E-state index >= 15 is 0 Å². The summed E-state index contributed by atoms with van der Waals surface area (Å²) in [6.07, 6.45) is 0. The lowest BCUT2D eigenvalue weighted by Gasteiger charge is -2.24. The number of rotatable bonds is 4. The van der Waals surface area contributed by atoms with Crippen molar-refractivity contribution in [2.24, 2.45) is 5.92 Å². The van der Waals surface area contributed by atoms with Gasteiger partial charge in [-0.25, -0.2) is 8.42 Å². The molecule has 1 N–H and O–H groups in total. The van der Waals surface area contributed by atoms with Crippen LogP contribution in [0.25, 0.3) is 0 Å². The minimum atomic E-state index is -3.73. The molecule has 1 rings (SSSR count). The number of carboxylic acids is 1. The average Bonchev–Trinajstić information content (AvgIpc) is 2.64. The van der Waals surface area contributed by atoms with Crippen molar-refractivity contribution >= 4 is 16.0 Å². The SMILES string of the molecule is CN(C1COCC1C(=O)O)S(=O)(=O)CC#N. The fraction of sp³-hybridized carbons (Fsp3) is 0.750. The van der Waals surface area contributed by atoms with Crippen molar-refractivity contribution in [3.05, 3.63) is 0 Å². The molecule has 0 aliphatic carbocycles. The smallest absolute Gasteiger partial charge is 0.310 e. The molecule has 0 spiro atoms. The van der Waals surface area contributed by atoms with Crippen LogP contribution in [-0.2, 0) is 19.6 Å². The summed E-state index contributed by atoms with van der Waals surface area (Å²) in [5.74, 6) is -2.63. The Labute approximate surface area is 93.3 Å². The van der Waals surface area contributed by atoms with Gasteiger partial charge in [0, 0.05) is 7.05 Å². The molecule has 1 aliphatic heterocycles. The van der Waals surface area contributed by atoms with Crippen LogP contribution < -0.4 is 0 Å². The second-order valence-electron chi connectivity index (χ2n) is 3.48. The molecule has 7 nitrogen and oxygen atoms in total. The lowest BCUT2D eigenvalue weighted by atomic mass is 10.1. The first-order valence-corrected chi connectivity index (χ1v) is 6.14. The quantitative estimate of drug-likeness (QED) is 0.674. The summed E-state index contributed by atoms with van der Waals surface area (Å²) < 4.78 is 29.0. The summed E-state index contributed by atoms with van der Waals surface area (Å²) in [6, 6.07) is 0.799. The molecule has 0 saturated carbocycles. The maximum absolute atomic E-state index is 11.5. The van der Waals surface area contributed by atoms with Crippen LogP contribution in [0.3, 0.4) is 0 Å². The predicted molar refractivity (Wildman–Crippen MR) is 52.9 cm³/mol. The molecule has 1 heterocycles. The minimum absolute atomic E-state index is 0.00753. The van der Waals surface area contributed by atoms with Crippen molar-refractivity contribution in [1.29, 1.82) is 5.26 Å². The van der Waals surface area contributed by atoms with E-state index in [4.69, 9.17) is 15.1 Å². The van der Waals surface area contributed by atoms with Gasteiger partial charge in [0.25, 0.3) is 0 Å². The monoisotopic (exact) mass is 248 g/mol. The van der Waals surface area contributed by atoms with Gasteiger partial charge in [-0.15, -0.1) is 0 Å². The molecule has 16 heavy (non-hydrogen) atoms. The second kappa shape index (κ2) is 4.78. The highest BCUT2D eigenvalue weighted by atomic mass is 32.2. The number of carboxylic acid groups (broad SMARTS) is 1. The second-order valence-corrected chi connectivity index (χ2v) is 5.51. The maximum Gasteiger partial charge on any atom is 0.310 e. The van der Waals surface area contributed by atoms with Crippen molar-refractivity contribution in [2.45, 2.75) is 6.04 Å². The lowest BCUT2D eigenvalue weighted by molar-refractivity contribution is -0.142. The third kappa shape index (κ3) is 2.49. The number of hydrogen-bond donors (Lipinski definition) is 1. The summed E-state index contributed by atoms with van der Waals surface area (Å²) in [6.45, 7) is 0.0323. The summed E-state index contributed by atoms with van der Waals surface area (Å²) in [5, 5.41) is 17.2. The minimum Gasteiger partial charge on any atom is -0.481 e. The van der Waals surface area contributed by atoms with Gasteiger partial charge in [0.2, 0.25) is 10.0 Å². The standard InChI is InChI=1S/C8H12N2O5S/c1-10(16(13,14)3-2-9)7-5-15-4-6(7)8(11)12/h6-7H,3-5H2,1H3,(H,11,12). The largest absolute Gasteiger partial charge is 0.481 e. The normalized spacial score (nSPS) is 25.6. The van der Waals surface area contributed by atoms with Gasteiger partial charge in [-0.2, -0.15) is 9.57 Å². The Morgan fingerprint density at radius 3 is 2.75 bits per heavy atom. The topological polar surface area (TPSA) is 108 Å². The van der Waals surface area contributed by atoms with Crippen molar-refractivity contribution < 1.29 is 23.1 Å². The van der Waals surface area contributed by atoms with E-state index in [1.54, 1.807) is 0 Å². The molecule has 0 aromatic heterocycles.